The van der Waals surface area contributed by atoms with Gasteiger partial charge >= 0.3 is 0 Å². The van der Waals surface area contributed by atoms with Crippen LogP contribution < -0.4 is 14.4 Å². The minimum Gasteiger partial charge on any atom is -0.490 e. The SMILES string of the molecule is C=CCc1cc(/C=C2/SC(=S)N(c3ccccc3)C2=O)cc(OCC)c1OCc1ccc([N+](=O)[O-])cc1. The molecule has 0 spiro atoms. The zero-order valence-electron chi connectivity index (χ0n) is 20.1. The van der Waals surface area contributed by atoms with Crippen LogP contribution in [0.25, 0.3) is 6.08 Å². The summed E-state index contributed by atoms with van der Waals surface area (Å²) in [5.74, 6) is 0.922. The molecule has 0 N–H and O–H groups in total. The molecule has 0 bridgehead atoms. The molecule has 0 atom stereocenters. The number of benzene rings is 3. The van der Waals surface area contributed by atoms with E-state index in [0.717, 1.165) is 22.4 Å². The third kappa shape index (κ3) is 6.07. The number of ether oxygens (including phenoxy) is 2. The number of allylic oxidation sites excluding steroid dienone is 1. The van der Waals surface area contributed by atoms with E-state index >= 15 is 0 Å². The maximum absolute atomic E-state index is 13.2. The standard InChI is InChI=1S/C28H24N2O5S2/c1-3-8-21-15-20(17-25-27(31)29(28(36)37-25)22-9-6-5-7-10-22)16-24(34-4-2)26(21)35-18-19-11-13-23(14-12-19)30(32)33/h3,5-7,9-17H,1,4,8,18H2,2H3/b25-17+. The number of anilines is 1. The van der Waals surface area contributed by atoms with Gasteiger partial charge in [0.25, 0.3) is 11.6 Å². The van der Waals surface area contributed by atoms with Gasteiger partial charge in [-0.3, -0.25) is 19.8 Å². The molecule has 37 heavy (non-hydrogen) atoms. The average molecular weight is 533 g/mol. The van der Waals surface area contributed by atoms with Gasteiger partial charge in [-0.25, -0.2) is 0 Å². The number of nitrogens with zero attached hydrogens (tertiary/aromatic N) is 2. The van der Waals surface area contributed by atoms with E-state index < -0.39 is 4.92 Å². The van der Waals surface area contributed by atoms with Crippen LogP contribution in [0.15, 0.2) is 84.3 Å². The van der Waals surface area contributed by atoms with Crippen LogP contribution in [0.3, 0.4) is 0 Å². The Hall–Kier alpha value is -3.95. The lowest BCUT2D eigenvalue weighted by Crippen LogP contribution is -2.27. The number of hydrogen-bond donors (Lipinski definition) is 0. The van der Waals surface area contributed by atoms with Crippen molar-refractivity contribution in [2.75, 3.05) is 11.5 Å². The van der Waals surface area contributed by atoms with Gasteiger partial charge < -0.3 is 9.47 Å². The molecular weight excluding hydrogens is 508 g/mol. The summed E-state index contributed by atoms with van der Waals surface area (Å²) in [4.78, 5) is 25.7. The number of hydrogen-bond acceptors (Lipinski definition) is 7. The third-order valence-electron chi connectivity index (χ3n) is 5.45. The third-order valence-corrected chi connectivity index (χ3v) is 6.76. The highest BCUT2D eigenvalue weighted by atomic mass is 32.2. The Morgan fingerprint density at radius 3 is 2.49 bits per heavy atom. The smallest absolute Gasteiger partial charge is 0.270 e. The van der Waals surface area contributed by atoms with Crippen molar-refractivity contribution in [3.05, 3.63) is 111 Å². The molecule has 1 heterocycles. The van der Waals surface area contributed by atoms with Crippen molar-refractivity contribution in [2.45, 2.75) is 20.0 Å². The van der Waals surface area contributed by atoms with Gasteiger partial charge in [-0.2, -0.15) is 0 Å². The second kappa shape index (κ2) is 11.9. The van der Waals surface area contributed by atoms with E-state index in [2.05, 4.69) is 6.58 Å². The molecule has 0 aliphatic carbocycles. The van der Waals surface area contributed by atoms with Gasteiger partial charge in [0.05, 0.1) is 22.1 Å². The lowest BCUT2D eigenvalue weighted by molar-refractivity contribution is -0.384. The quantitative estimate of drug-likeness (QED) is 0.0944. The van der Waals surface area contributed by atoms with Gasteiger partial charge in [0, 0.05) is 17.7 Å². The van der Waals surface area contributed by atoms with Crippen LogP contribution in [0.5, 0.6) is 11.5 Å². The Morgan fingerprint density at radius 2 is 1.84 bits per heavy atom. The fraction of sp³-hybridized carbons (Fsp3) is 0.143. The van der Waals surface area contributed by atoms with E-state index in [1.807, 2.05) is 49.4 Å². The second-order valence-electron chi connectivity index (χ2n) is 8.00. The predicted octanol–water partition coefficient (Wildman–Crippen LogP) is 6.71. The second-order valence-corrected chi connectivity index (χ2v) is 9.67. The molecule has 3 aromatic rings. The van der Waals surface area contributed by atoms with Crippen LogP contribution in [-0.4, -0.2) is 21.8 Å². The summed E-state index contributed by atoms with van der Waals surface area (Å²) in [7, 11) is 0. The number of thiocarbonyl (C=S) groups is 1. The minimum absolute atomic E-state index is 0.0214. The molecule has 0 saturated carbocycles. The summed E-state index contributed by atoms with van der Waals surface area (Å²) in [5.41, 5.74) is 3.15. The van der Waals surface area contributed by atoms with E-state index in [4.69, 9.17) is 21.7 Å². The number of nitro benzene ring substituents is 1. The Kier molecular flexibility index (Phi) is 8.37. The molecule has 0 unspecified atom stereocenters. The number of thioether (sulfide) groups is 1. The maximum Gasteiger partial charge on any atom is 0.270 e. The molecule has 0 radical (unpaired) electrons. The zero-order chi connectivity index (χ0) is 26.4. The van der Waals surface area contributed by atoms with Crippen molar-refractivity contribution < 1.29 is 19.2 Å². The Balaban J connectivity index is 1.63. The van der Waals surface area contributed by atoms with Crippen molar-refractivity contribution in [1.82, 2.24) is 0 Å². The molecular formula is C28H24N2O5S2. The minimum atomic E-state index is -0.438. The Bertz CT molecular complexity index is 1370. The summed E-state index contributed by atoms with van der Waals surface area (Å²) in [6.07, 6.45) is 4.09. The summed E-state index contributed by atoms with van der Waals surface area (Å²) >= 11 is 6.74. The van der Waals surface area contributed by atoms with Gasteiger partial charge in [0.2, 0.25) is 0 Å². The monoisotopic (exact) mass is 532 g/mol. The number of carbonyl (C=O) groups is 1. The summed E-state index contributed by atoms with van der Waals surface area (Å²) in [6.45, 7) is 6.36. The first-order valence-corrected chi connectivity index (χ1v) is 12.7. The molecule has 1 aliphatic rings. The predicted molar refractivity (Wildman–Crippen MR) is 151 cm³/mol. The highest BCUT2D eigenvalue weighted by Gasteiger charge is 2.33. The zero-order valence-corrected chi connectivity index (χ0v) is 21.7. The van der Waals surface area contributed by atoms with Crippen LogP contribution in [0.4, 0.5) is 11.4 Å². The van der Waals surface area contributed by atoms with Crippen molar-refractivity contribution in [3.63, 3.8) is 0 Å². The van der Waals surface area contributed by atoms with Crippen LogP contribution in [-0.2, 0) is 17.8 Å². The molecule has 0 aromatic heterocycles. The molecule has 3 aromatic carbocycles. The molecule has 4 rings (SSSR count). The van der Waals surface area contributed by atoms with Crippen molar-refractivity contribution >= 4 is 51.7 Å². The molecule has 1 saturated heterocycles. The molecule has 1 amide bonds. The molecule has 188 valence electrons. The highest BCUT2D eigenvalue weighted by Crippen LogP contribution is 2.39. The van der Waals surface area contributed by atoms with E-state index in [-0.39, 0.29) is 18.2 Å². The normalized spacial score (nSPS) is 14.2. The fourth-order valence-corrected chi connectivity index (χ4v) is 5.09. The topological polar surface area (TPSA) is 81.9 Å². The van der Waals surface area contributed by atoms with Gasteiger partial charge in [0.1, 0.15) is 6.61 Å². The number of nitro groups is 1. The molecule has 1 aliphatic heterocycles. The van der Waals surface area contributed by atoms with Gasteiger partial charge in [0.15, 0.2) is 15.8 Å². The first-order valence-electron chi connectivity index (χ1n) is 11.5. The molecule has 1 fully saturated rings. The first-order chi connectivity index (χ1) is 17.9. The highest BCUT2D eigenvalue weighted by molar-refractivity contribution is 8.27. The first kappa shape index (κ1) is 26.1. The van der Waals surface area contributed by atoms with Crippen LogP contribution >= 0.6 is 24.0 Å². The number of amides is 1. The van der Waals surface area contributed by atoms with Crippen LogP contribution in [0.2, 0.25) is 0 Å². The van der Waals surface area contributed by atoms with E-state index in [0.29, 0.717) is 33.8 Å². The van der Waals surface area contributed by atoms with E-state index in [1.54, 1.807) is 24.3 Å². The summed E-state index contributed by atoms with van der Waals surface area (Å²) in [6, 6.07) is 19.3. The molecule has 9 heteroatoms. The van der Waals surface area contributed by atoms with Gasteiger partial charge in [-0.15, -0.1) is 6.58 Å². The largest absolute Gasteiger partial charge is 0.490 e. The summed E-state index contributed by atoms with van der Waals surface area (Å²) in [5, 5.41) is 10.9. The van der Waals surface area contributed by atoms with Gasteiger partial charge in [-0.05, 0) is 66.9 Å². The van der Waals surface area contributed by atoms with Gasteiger partial charge in [-0.1, -0.05) is 48.3 Å². The van der Waals surface area contributed by atoms with E-state index in [9.17, 15) is 14.9 Å². The number of para-hydroxylation sites is 1. The fourth-order valence-electron chi connectivity index (χ4n) is 3.79. The van der Waals surface area contributed by atoms with E-state index in [1.165, 1.54) is 28.8 Å². The van der Waals surface area contributed by atoms with Crippen molar-refractivity contribution in [2.24, 2.45) is 0 Å². The number of non-ortho nitro benzene ring substituents is 1. The average Bonchev–Trinajstić information content (AvgIpc) is 3.17. The lowest BCUT2D eigenvalue weighted by Gasteiger charge is -2.17. The maximum atomic E-state index is 13.2. The lowest BCUT2D eigenvalue weighted by atomic mass is 10.0. The van der Waals surface area contributed by atoms with Crippen LogP contribution in [0.1, 0.15) is 23.6 Å². The van der Waals surface area contributed by atoms with Crippen molar-refractivity contribution in [1.29, 1.82) is 0 Å². The Morgan fingerprint density at radius 1 is 1.11 bits per heavy atom. The Labute approximate surface area is 224 Å². The number of carbonyl (C=O) groups excluding carboxylic acids is 1. The number of rotatable bonds is 10. The molecule has 7 nitrogen and oxygen atoms in total. The van der Waals surface area contributed by atoms with Crippen LogP contribution in [0, 0.1) is 10.1 Å². The summed E-state index contributed by atoms with van der Waals surface area (Å²) < 4.78 is 12.5. The van der Waals surface area contributed by atoms with Crippen molar-refractivity contribution in [3.8, 4) is 11.5 Å².